The first-order valence-electron chi connectivity index (χ1n) is 10.0. The molecule has 9 heteroatoms. The highest BCUT2D eigenvalue weighted by Crippen LogP contribution is 2.32. The molecule has 0 N–H and O–H groups in total. The van der Waals surface area contributed by atoms with Crippen molar-refractivity contribution in [1.29, 1.82) is 0 Å². The molecule has 164 valence electrons. The van der Waals surface area contributed by atoms with Crippen LogP contribution in [-0.2, 0) is 20.9 Å². The smallest absolute Gasteiger partial charge is 0.230 e. The Balaban J connectivity index is 1.58. The summed E-state index contributed by atoms with van der Waals surface area (Å²) < 4.78 is 13.3. The highest BCUT2D eigenvalue weighted by atomic mass is 35.5. The first kappa shape index (κ1) is 22.1. The minimum atomic E-state index is -0.368. The van der Waals surface area contributed by atoms with Crippen LogP contribution in [0.1, 0.15) is 24.8 Å². The van der Waals surface area contributed by atoms with Crippen LogP contribution in [0.3, 0.4) is 0 Å². The van der Waals surface area contributed by atoms with E-state index in [1.807, 2.05) is 23.6 Å². The van der Waals surface area contributed by atoms with Gasteiger partial charge >= 0.3 is 0 Å². The monoisotopic (exact) mass is 471 g/mol. The molecule has 0 atom stereocenters. The van der Waals surface area contributed by atoms with Gasteiger partial charge in [-0.25, -0.2) is 9.37 Å². The SMILES string of the molecule is O=C1CCC(=O)N1CCC(=O)N(Cc1ccc(F)cc1)c1nc(-c2ccccc2Cl)cs1. The number of nitrogens with zero attached hydrogens (tertiary/aromatic N) is 3. The Morgan fingerprint density at radius 1 is 1.09 bits per heavy atom. The van der Waals surface area contributed by atoms with E-state index >= 15 is 0 Å². The first-order valence-corrected chi connectivity index (χ1v) is 11.3. The summed E-state index contributed by atoms with van der Waals surface area (Å²) in [4.78, 5) is 44.1. The predicted molar refractivity (Wildman–Crippen MR) is 121 cm³/mol. The van der Waals surface area contributed by atoms with Crippen LogP contribution >= 0.6 is 22.9 Å². The van der Waals surface area contributed by atoms with Gasteiger partial charge in [-0.05, 0) is 23.8 Å². The van der Waals surface area contributed by atoms with Gasteiger partial charge in [-0.2, -0.15) is 0 Å². The summed E-state index contributed by atoms with van der Waals surface area (Å²) in [6, 6.07) is 13.2. The maximum absolute atomic E-state index is 13.3. The third-order valence-corrected chi connectivity index (χ3v) is 6.33. The topological polar surface area (TPSA) is 70.6 Å². The third-order valence-electron chi connectivity index (χ3n) is 5.13. The quantitative estimate of drug-likeness (QED) is 0.469. The van der Waals surface area contributed by atoms with Crippen molar-refractivity contribution in [1.82, 2.24) is 9.88 Å². The maximum Gasteiger partial charge on any atom is 0.230 e. The molecule has 0 bridgehead atoms. The molecule has 1 aliphatic rings. The molecule has 2 aromatic carbocycles. The summed E-state index contributed by atoms with van der Waals surface area (Å²) in [5.41, 5.74) is 2.11. The van der Waals surface area contributed by atoms with Crippen LogP contribution in [0.15, 0.2) is 53.9 Å². The summed E-state index contributed by atoms with van der Waals surface area (Å²) in [6.45, 7) is 0.204. The molecular formula is C23H19ClFN3O3S. The molecule has 1 aliphatic heterocycles. The highest BCUT2D eigenvalue weighted by molar-refractivity contribution is 7.14. The standard InChI is InChI=1S/C23H19ClFN3O3S/c24-18-4-2-1-3-17(18)19-14-32-23(26-19)28(13-15-5-7-16(25)8-6-15)22(31)11-12-27-20(29)9-10-21(27)30/h1-8,14H,9-13H2. The summed E-state index contributed by atoms with van der Waals surface area (Å²) >= 11 is 7.57. The van der Waals surface area contributed by atoms with Gasteiger partial charge in [-0.15, -0.1) is 11.3 Å². The van der Waals surface area contributed by atoms with E-state index in [-0.39, 0.29) is 55.9 Å². The van der Waals surface area contributed by atoms with Crippen molar-refractivity contribution in [2.45, 2.75) is 25.8 Å². The van der Waals surface area contributed by atoms with E-state index in [9.17, 15) is 18.8 Å². The largest absolute Gasteiger partial charge is 0.284 e. The average Bonchev–Trinajstić information content (AvgIpc) is 3.39. The van der Waals surface area contributed by atoms with Crippen LogP contribution < -0.4 is 4.90 Å². The Morgan fingerprint density at radius 2 is 1.78 bits per heavy atom. The third kappa shape index (κ3) is 4.87. The molecule has 0 unspecified atom stereocenters. The van der Waals surface area contributed by atoms with E-state index in [1.54, 1.807) is 18.2 Å². The number of hydrogen-bond acceptors (Lipinski definition) is 5. The zero-order chi connectivity index (χ0) is 22.7. The number of imide groups is 1. The number of anilines is 1. The first-order chi connectivity index (χ1) is 15.4. The minimum absolute atomic E-state index is 0.0269. The molecule has 3 aromatic rings. The second kappa shape index (κ2) is 9.58. The molecule has 32 heavy (non-hydrogen) atoms. The number of amides is 3. The Morgan fingerprint density at radius 3 is 2.47 bits per heavy atom. The molecule has 0 radical (unpaired) electrons. The molecule has 4 rings (SSSR count). The Hall–Kier alpha value is -3.10. The predicted octanol–water partition coefficient (Wildman–Crippen LogP) is 4.67. The molecular weight excluding hydrogens is 453 g/mol. The fourth-order valence-electron chi connectivity index (χ4n) is 3.43. The lowest BCUT2D eigenvalue weighted by Gasteiger charge is -2.21. The van der Waals surface area contributed by atoms with E-state index in [1.165, 1.54) is 28.4 Å². The normalized spacial score (nSPS) is 13.6. The second-order valence-electron chi connectivity index (χ2n) is 7.29. The number of likely N-dealkylation sites (tertiary alicyclic amines) is 1. The van der Waals surface area contributed by atoms with Crippen molar-refractivity contribution in [3.8, 4) is 11.3 Å². The molecule has 0 aliphatic carbocycles. The van der Waals surface area contributed by atoms with Gasteiger partial charge in [-0.1, -0.05) is 41.9 Å². The highest BCUT2D eigenvalue weighted by Gasteiger charge is 2.30. The lowest BCUT2D eigenvalue weighted by molar-refractivity contribution is -0.138. The van der Waals surface area contributed by atoms with Crippen molar-refractivity contribution >= 4 is 45.8 Å². The number of carbonyl (C=O) groups excluding carboxylic acids is 3. The van der Waals surface area contributed by atoms with E-state index in [2.05, 4.69) is 4.98 Å². The zero-order valence-corrected chi connectivity index (χ0v) is 18.5. The van der Waals surface area contributed by atoms with E-state index in [0.717, 1.165) is 16.0 Å². The summed E-state index contributed by atoms with van der Waals surface area (Å²) in [5, 5.41) is 2.81. The summed E-state index contributed by atoms with van der Waals surface area (Å²) in [5.74, 6) is -1.18. The number of thiazole rings is 1. The van der Waals surface area contributed by atoms with Gasteiger partial charge in [0.2, 0.25) is 17.7 Å². The van der Waals surface area contributed by atoms with Crippen molar-refractivity contribution < 1.29 is 18.8 Å². The Kier molecular flexibility index (Phi) is 6.62. The van der Waals surface area contributed by atoms with Crippen LogP contribution in [0.25, 0.3) is 11.3 Å². The van der Waals surface area contributed by atoms with Crippen LogP contribution in [0.2, 0.25) is 5.02 Å². The maximum atomic E-state index is 13.3. The lowest BCUT2D eigenvalue weighted by atomic mass is 10.2. The van der Waals surface area contributed by atoms with Crippen molar-refractivity contribution in [2.75, 3.05) is 11.4 Å². The zero-order valence-electron chi connectivity index (χ0n) is 17.0. The van der Waals surface area contributed by atoms with Gasteiger partial charge < -0.3 is 0 Å². The molecule has 1 fully saturated rings. The van der Waals surface area contributed by atoms with Gasteiger partial charge in [0.05, 0.1) is 12.2 Å². The van der Waals surface area contributed by atoms with Gasteiger partial charge in [0.1, 0.15) is 5.82 Å². The molecule has 3 amide bonds. The minimum Gasteiger partial charge on any atom is -0.284 e. The molecule has 1 aromatic heterocycles. The fourth-order valence-corrected chi connectivity index (χ4v) is 4.50. The number of rotatable bonds is 7. The Bertz CT molecular complexity index is 1150. The fraction of sp³-hybridized carbons (Fsp3) is 0.217. The van der Waals surface area contributed by atoms with Crippen molar-refractivity contribution in [3.63, 3.8) is 0 Å². The number of halogens is 2. The van der Waals surface area contributed by atoms with E-state index in [4.69, 9.17) is 11.6 Å². The lowest BCUT2D eigenvalue weighted by Crippen LogP contribution is -2.36. The second-order valence-corrected chi connectivity index (χ2v) is 8.53. The molecule has 0 spiro atoms. The van der Waals surface area contributed by atoms with Gasteiger partial charge in [0.25, 0.3) is 0 Å². The van der Waals surface area contributed by atoms with Gasteiger partial charge in [0.15, 0.2) is 5.13 Å². The van der Waals surface area contributed by atoms with Crippen LogP contribution in [0.5, 0.6) is 0 Å². The van der Waals surface area contributed by atoms with Crippen LogP contribution in [-0.4, -0.2) is 34.2 Å². The van der Waals surface area contributed by atoms with Crippen molar-refractivity contribution in [2.24, 2.45) is 0 Å². The van der Waals surface area contributed by atoms with E-state index in [0.29, 0.717) is 15.8 Å². The van der Waals surface area contributed by atoms with Gasteiger partial charge in [-0.3, -0.25) is 24.2 Å². The van der Waals surface area contributed by atoms with E-state index < -0.39 is 0 Å². The summed E-state index contributed by atoms with van der Waals surface area (Å²) in [7, 11) is 0. The summed E-state index contributed by atoms with van der Waals surface area (Å²) in [6.07, 6.45) is 0.333. The van der Waals surface area contributed by atoms with Crippen LogP contribution in [0, 0.1) is 5.82 Å². The van der Waals surface area contributed by atoms with Crippen molar-refractivity contribution in [3.05, 3.63) is 70.3 Å². The molecule has 6 nitrogen and oxygen atoms in total. The number of aromatic nitrogens is 1. The molecule has 1 saturated heterocycles. The molecule has 2 heterocycles. The molecule has 0 saturated carbocycles. The number of carbonyl (C=O) groups is 3. The number of benzene rings is 2. The van der Waals surface area contributed by atoms with Crippen LogP contribution in [0.4, 0.5) is 9.52 Å². The average molecular weight is 472 g/mol. The number of hydrogen-bond donors (Lipinski definition) is 0. The van der Waals surface area contributed by atoms with Gasteiger partial charge in [0, 0.05) is 41.8 Å². The Labute approximate surface area is 193 Å².